The number of hydrogen-bond acceptors (Lipinski definition) is 6. The predicted octanol–water partition coefficient (Wildman–Crippen LogP) is 5.31. The highest BCUT2D eigenvalue weighted by Crippen LogP contribution is 2.35. The number of benzene rings is 2. The van der Waals surface area contributed by atoms with Gasteiger partial charge in [0.2, 0.25) is 0 Å². The van der Waals surface area contributed by atoms with E-state index in [1.807, 2.05) is 48.7 Å². The average molecular weight is 470 g/mol. The minimum atomic E-state index is -0.250. The monoisotopic (exact) mass is 469 g/mol. The van der Waals surface area contributed by atoms with Gasteiger partial charge in [-0.1, -0.05) is 23.4 Å². The molecule has 0 bridgehead atoms. The van der Waals surface area contributed by atoms with Crippen molar-refractivity contribution in [3.63, 3.8) is 0 Å². The van der Waals surface area contributed by atoms with Gasteiger partial charge in [0.15, 0.2) is 11.3 Å². The molecule has 9 nitrogen and oxygen atoms in total. The van der Waals surface area contributed by atoms with Crippen LogP contribution in [0.2, 0.25) is 0 Å². The Balaban J connectivity index is 0.000000806. The van der Waals surface area contributed by atoms with E-state index in [9.17, 15) is 0 Å². The van der Waals surface area contributed by atoms with Gasteiger partial charge in [-0.2, -0.15) is 0 Å². The number of nitrogens with zero attached hydrogens (tertiary/aromatic N) is 5. The largest absolute Gasteiger partial charge is 0.483 e. The Bertz CT molecular complexity index is 1570. The van der Waals surface area contributed by atoms with Gasteiger partial charge in [0.05, 0.1) is 42.0 Å². The van der Waals surface area contributed by atoms with E-state index < -0.39 is 0 Å². The molecular weight excluding hydrogens is 446 g/mol. The molecule has 1 aliphatic rings. The molecular formula is C26H23N5O4. The van der Waals surface area contributed by atoms with Crippen LogP contribution in [0.15, 0.2) is 53.2 Å². The third-order valence-electron chi connectivity index (χ3n) is 6.30. The molecule has 9 heteroatoms. The number of rotatable bonds is 3. The maximum absolute atomic E-state index is 8.36. The lowest BCUT2D eigenvalue weighted by molar-refractivity contribution is -0.122. The van der Waals surface area contributed by atoms with E-state index in [0.29, 0.717) is 18.7 Å². The molecule has 3 aromatic heterocycles. The Labute approximate surface area is 200 Å². The van der Waals surface area contributed by atoms with Gasteiger partial charge in [0.25, 0.3) is 6.47 Å². The topological polar surface area (TPSA) is 108 Å². The average Bonchev–Trinajstić information content (AvgIpc) is 3.46. The van der Waals surface area contributed by atoms with E-state index in [1.54, 1.807) is 0 Å². The van der Waals surface area contributed by atoms with E-state index in [4.69, 9.17) is 30.7 Å². The number of hydrogen-bond donors (Lipinski definition) is 1. The van der Waals surface area contributed by atoms with Crippen molar-refractivity contribution in [1.29, 1.82) is 0 Å². The summed E-state index contributed by atoms with van der Waals surface area (Å²) in [6.07, 6.45) is 4.39. The summed E-state index contributed by atoms with van der Waals surface area (Å²) < 4.78 is 13.7. The Kier molecular flexibility index (Phi) is 6.12. The number of pyridine rings is 1. The van der Waals surface area contributed by atoms with Crippen LogP contribution < -0.4 is 0 Å². The number of ether oxygens (including phenoxy) is 1. The Morgan fingerprint density at radius 3 is 2.86 bits per heavy atom. The van der Waals surface area contributed by atoms with Gasteiger partial charge >= 0.3 is 0 Å². The number of fused-ring (bicyclic) bond motifs is 4. The molecule has 0 amide bonds. The number of para-hydroxylation sites is 1. The summed E-state index contributed by atoms with van der Waals surface area (Å²) in [5, 5.41) is 13.2. The maximum Gasteiger partial charge on any atom is 0.290 e. The van der Waals surface area contributed by atoms with Crippen LogP contribution in [-0.4, -0.2) is 44.0 Å². The minimum absolute atomic E-state index is 0.179. The van der Waals surface area contributed by atoms with E-state index >= 15 is 0 Å². The fourth-order valence-electron chi connectivity index (χ4n) is 4.82. The third-order valence-corrected chi connectivity index (χ3v) is 6.30. The molecule has 1 fully saturated rings. The molecule has 5 aromatic rings. The normalized spacial score (nSPS) is 17.7. The van der Waals surface area contributed by atoms with Crippen LogP contribution in [0.5, 0.6) is 0 Å². The molecule has 2 atom stereocenters. The number of carboxylic acid groups (broad SMARTS) is 1. The SMILES string of the molecule is O=CO.[C-]#[N+]c1ccc2ncc3nc(Cc4noc5ccccc45)n([C@@H]4CCO[C@H](C)C4)c3c2c1. The lowest BCUT2D eigenvalue weighted by Gasteiger charge is -2.30. The molecule has 176 valence electrons. The second kappa shape index (κ2) is 9.52. The van der Waals surface area contributed by atoms with Crippen molar-refractivity contribution in [2.75, 3.05) is 6.61 Å². The summed E-state index contributed by atoms with van der Waals surface area (Å²) in [4.78, 5) is 21.6. The maximum atomic E-state index is 8.36. The fourth-order valence-corrected chi connectivity index (χ4v) is 4.82. The van der Waals surface area contributed by atoms with Crippen LogP contribution >= 0.6 is 0 Å². The van der Waals surface area contributed by atoms with Crippen molar-refractivity contribution >= 4 is 45.1 Å². The van der Waals surface area contributed by atoms with Crippen molar-refractivity contribution in [3.05, 3.63) is 71.6 Å². The first-order chi connectivity index (χ1) is 17.1. The standard InChI is InChI=1S/C25H21N5O2.CH2O2/c1-15-11-17(9-10-31-15)30-24(13-21-18-5-3-4-6-23(18)32-29-21)28-22-14-27-20-8-7-16(26-2)12-19(20)25(22)30;2-1-3/h3-8,12,14-15,17H,9-11,13H2,1H3;1H,(H,2,3)/t15-,17-;/m1./s1. The van der Waals surface area contributed by atoms with Gasteiger partial charge in [0, 0.05) is 23.4 Å². The van der Waals surface area contributed by atoms with E-state index in [0.717, 1.165) is 57.3 Å². The first-order valence-corrected chi connectivity index (χ1v) is 11.3. The molecule has 35 heavy (non-hydrogen) atoms. The first-order valence-electron chi connectivity index (χ1n) is 11.3. The molecule has 1 aliphatic heterocycles. The molecule has 2 aromatic carbocycles. The molecule has 0 radical (unpaired) electrons. The first kappa shape index (κ1) is 22.5. The zero-order valence-electron chi connectivity index (χ0n) is 19.1. The number of aromatic nitrogens is 4. The Morgan fingerprint density at radius 1 is 1.23 bits per heavy atom. The summed E-state index contributed by atoms with van der Waals surface area (Å²) in [6, 6.07) is 13.8. The van der Waals surface area contributed by atoms with Gasteiger partial charge in [-0.05, 0) is 44.0 Å². The molecule has 0 unspecified atom stereocenters. The van der Waals surface area contributed by atoms with Crippen molar-refractivity contribution in [1.82, 2.24) is 19.7 Å². The molecule has 1 saturated heterocycles. The van der Waals surface area contributed by atoms with Crippen LogP contribution in [0.25, 0.3) is 37.8 Å². The van der Waals surface area contributed by atoms with Crippen LogP contribution in [0.4, 0.5) is 5.69 Å². The van der Waals surface area contributed by atoms with Crippen molar-refractivity contribution < 1.29 is 19.2 Å². The number of imidazole rings is 1. The highest BCUT2D eigenvalue weighted by molar-refractivity contribution is 6.03. The van der Waals surface area contributed by atoms with E-state index in [2.05, 4.69) is 26.5 Å². The predicted molar refractivity (Wildman–Crippen MR) is 130 cm³/mol. The summed E-state index contributed by atoms with van der Waals surface area (Å²) in [5.41, 5.74) is 4.98. The van der Waals surface area contributed by atoms with Crippen LogP contribution in [0.1, 0.15) is 37.3 Å². The summed E-state index contributed by atoms with van der Waals surface area (Å²) >= 11 is 0. The van der Waals surface area contributed by atoms with Gasteiger partial charge in [-0.3, -0.25) is 9.78 Å². The van der Waals surface area contributed by atoms with Crippen LogP contribution in [0.3, 0.4) is 0 Å². The fraction of sp³-hybridized carbons (Fsp3) is 0.269. The lowest BCUT2D eigenvalue weighted by Crippen LogP contribution is -2.26. The quantitative estimate of drug-likeness (QED) is 0.282. The highest BCUT2D eigenvalue weighted by Gasteiger charge is 2.27. The molecule has 6 rings (SSSR count). The van der Waals surface area contributed by atoms with Gasteiger partial charge in [-0.15, -0.1) is 0 Å². The smallest absolute Gasteiger partial charge is 0.290 e. The van der Waals surface area contributed by atoms with Gasteiger partial charge < -0.3 is 18.9 Å². The molecule has 0 aliphatic carbocycles. The van der Waals surface area contributed by atoms with Crippen LogP contribution in [-0.2, 0) is 16.0 Å². The molecule has 0 saturated carbocycles. The van der Waals surface area contributed by atoms with Crippen molar-refractivity contribution in [2.45, 2.75) is 38.3 Å². The molecule has 1 N–H and O–H groups in total. The molecule has 0 spiro atoms. The highest BCUT2D eigenvalue weighted by atomic mass is 16.5. The second-order valence-electron chi connectivity index (χ2n) is 8.47. The van der Waals surface area contributed by atoms with Crippen molar-refractivity contribution in [3.8, 4) is 0 Å². The Hall–Kier alpha value is -4.29. The molecule has 4 heterocycles. The summed E-state index contributed by atoms with van der Waals surface area (Å²) in [7, 11) is 0. The summed E-state index contributed by atoms with van der Waals surface area (Å²) in [5.74, 6) is 0.931. The van der Waals surface area contributed by atoms with Crippen molar-refractivity contribution in [2.24, 2.45) is 0 Å². The zero-order chi connectivity index (χ0) is 24.4. The third kappa shape index (κ3) is 4.20. The zero-order valence-corrected chi connectivity index (χ0v) is 19.1. The van der Waals surface area contributed by atoms with Crippen LogP contribution in [0, 0.1) is 6.57 Å². The lowest BCUT2D eigenvalue weighted by atomic mass is 10.0. The second-order valence-corrected chi connectivity index (χ2v) is 8.47. The summed E-state index contributed by atoms with van der Waals surface area (Å²) in [6.45, 7) is 10.0. The van der Waals surface area contributed by atoms with Gasteiger partial charge in [-0.25, -0.2) is 9.83 Å². The Morgan fingerprint density at radius 2 is 2.06 bits per heavy atom. The number of carbonyl (C=O) groups is 1. The van der Waals surface area contributed by atoms with E-state index in [-0.39, 0.29) is 18.6 Å². The minimum Gasteiger partial charge on any atom is -0.483 e. The van der Waals surface area contributed by atoms with E-state index in [1.165, 1.54) is 0 Å². The van der Waals surface area contributed by atoms with Gasteiger partial charge in [0.1, 0.15) is 11.3 Å².